The van der Waals surface area contributed by atoms with E-state index in [0.717, 1.165) is 9.35 Å². The van der Waals surface area contributed by atoms with Gasteiger partial charge in [0.1, 0.15) is 0 Å². The number of carbonyl (C=O) groups excluding carboxylic acids is 1. The minimum atomic E-state index is -0.0513. The zero-order valence-corrected chi connectivity index (χ0v) is 11.6. The molecule has 0 fully saturated rings. The van der Waals surface area contributed by atoms with E-state index < -0.39 is 0 Å². The van der Waals surface area contributed by atoms with Crippen molar-refractivity contribution in [3.05, 3.63) is 20.8 Å². The lowest BCUT2D eigenvalue weighted by Gasteiger charge is -2.16. The zero-order chi connectivity index (χ0) is 12.1. The van der Waals surface area contributed by atoms with Crippen LogP contribution >= 0.6 is 27.3 Å². The third-order valence-electron chi connectivity index (χ3n) is 2.09. The Balaban J connectivity index is 2.53. The van der Waals surface area contributed by atoms with Gasteiger partial charge in [-0.3, -0.25) is 9.69 Å². The number of ketones is 1. The van der Waals surface area contributed by atoms with E-state index in [2.05, 4.69) is 22.0 Å². The standard InChI is InChI=1S/C11H13BrN2OS/c1-8(5-13)6-14(2)7-10(15)11-9(12)3-4-16-11/h3-4,8H,6-7H2,1-2H3. The Kier molecular flexibility index (Phi) is 5.13. The van der Waals surface area contributed by atoms with Crippen LogP contribution in [0.2, 0.25) is 0 Å². The van der Waals surface area contributed by atoms with Crippen molar-refractivity contribution in [1.82, 2.24) is 4.90 Å². The van der Waals surface area contributed by atoms with Crippen molar-refractivity contribution in [3.63, 3.8) is 0 Å². The summed E-state index contributed by atoms with van der Waals surface area (Å²) in [5, 5.41) is 10.6. The summed E-state index contributed by atoms with van der Waals surface area (Å²) in [6, 6.07) is 4.03. The highest BCUT2D eigenvalue weighted by Gasteiger charge is 2.15. The van der Waals surface area contributed by atoms with Gasteiger partial charge in [-0.25, -0.2) is 0 Å². The largest absolute Gasteiger partial charge is 0.298 e. The molecule has 16 heavy (non-hydrogen) atoms. The van der Waals surface area contributed by atoms with E-state index in [4.69, 9.17) is 5.26 Å². The summed E-state index contributed by atoms with van der Waals surface area (Å²) in [6.07, 6.45) is 0. The first kappa shape index (κ1) is 13.4. The van der Waals surface area contributed by atoms with E-state index in [1.807, 2.05) is 30.3 Å². The molecule has 0 spiro atoms. The maximum Gasteiger partial charge on any atom is 0.187 e. The number of nitrogens with zero attached hydrogens (tertiary/aromatic N) is 2. The van der Waals surface area contributed by atoms with Crippen molar-refractivity contribution in [2.75, 3.05) is 20.1 Å². The molecule has 86 valence electrons. The molecule has 5 heteroatoms. The van der Waals surface area contributed by atoms with Gasteiger partial charge in [0, 0.05) is 11.0 Å². The molecular formula is C11H13BrN2OS. The van der Waals surface area contributed by atoms with Crippen molar-refractivity contribution >= 4 is 33.0 Å². The van der Waals surface area contributed by atoms with Crippen molar-refractivity contribution in [2.45, 2.75) is 6.92 Å². The Morgan fingerprint density at radius 3 is 2.94 bits per heavy atom. The normalized spacial score (nSPS) is 12.4. The molecule has 1 aromatic heterocycles. The zero-order valence-electron chi connectivity index (χ0n) is 9.24. The van der Waals surface area contributed by atoms with Crippen LogP contribution in [0, 0.1) is 17.2 Å². The van der Waals surface area contributed by atoms with Gasteiger partial charge in [-0.15, -0.1) is 11.3 Å². The van der Waals surface area contributed by atoms with Crippen LogP contribution in [-0.2, 0) is 0 Å². The highest BCUT2D eigenvalue weighted by atomic mass is 79.9. The van der Waals surface area contributed by atoms with Gasteiger partial charge in [0.15, 0.2) is 5.78 Å². The van der Waals surface area contributed by atoms with E-state index in [1.165, 1.54) is 11.3 Å². The van der Waals surface area contributed by atoms with Gasteiger partial charge in [-0.2, -0.15) is 5.26 Å². The Morgan fingerprint density at radius 1 is 1.75 bits per heavy atom. The van der Waals surface area contributed by atoms with Crippen molar-refractivity contribution in [1.29, 1.82) is 5.26 Å². The van der Waals surface area contributed by atoms with Crippen LogP contribution in [0.5, 0.6) is 0 Å². The molecule has 1 heterocycles. The first-order chi connectivity index (χ1) is 7.54. The molecule has 1 aromatic rings. The molecule has 0 saturated carbocycles. The van der Waals surface area contributed by atoms with Crippen molar-refractivity contribution in [2.24, 2.45) is 5.92 Å². The Labute approximate surface area is 108 Å². The quantitative estimate of drug-likeness (QED) is 0.786. The monoisotopic (exact) mass is 300 g/mol. The van der Waals surface area contributed by atoms with Gasteiger partial charge in [0.2, 0.25) is 0 Å². The fourth-order valence-corrected chi connectivity index (χ4v) is 2.91. The molecule has 0 aliphatic carbocycles. The van der Waals surface area contributed by atoms with Gasteiger partial charge < -0.3 is 0 Å². The third kappa shape index (κ3) is 3.71. The summed E-state index contributed by atoms with van der Waals surface area (Å²) in [4.78, 5) is 14.5. The highest BCUT2D eigenvalue weighted by Crippen LogP contribution is 2.23. The van der Waals surface area contributed by atoms with Crippen LogP contribution in [0.3, 0.4) is 0 Å². The predicted molar refractivity (Wildman–Crippen MR) is 68.6 cm³/mol. The maximum atomic E-state index is 11.9. The Morgan fingerprint density at radius 2 is 2.44 bits per heavy atom. The molecule has 0 N–H and O–H groups in total. The van der Waals surface area contributed by atoms with Gasteiger partial charge in [-0.05, 0) is 41.3 Å². The Hall–Kier alpha value is -0.700. The van der Waals surface area contributed by atoms with Crippen LogP contribution in [0.15, 0.2) is 15.9 Å². The number of hydrogen-bond donors (Lipinski definition) is 0. The number of likely N-dealkylation sites (N-methyl/N-ethyl adjacent to an activating group) is 1. The van der Waals surface area contributed by atoms with Gasteiger partial charge in [0.05, 0.1) is 23.4 Å². The lowest BCUT2D eigenvalue weighted by atomic mass is 10.2. The summed E-state index contributed by atoms with van der Waals surface area (Å²) in [6.45, 7) is 2.82. The number of halogens is 1. The van der Waals surface area contributed by atoms with E-state index >= 15 is 0 Å². The summed E-state index contributed by atoms with van der Waals surface area (Å²) in [5.41, 5.74) is 0. The van der Waals surface area contributed by atoms with Crippen LogP contribution in [0.4, 0.5) is 0 Å². The van der Waals surface area contributed by atoms with Crippen LogP contribution < -0.4 is 0 Å². The second-order valence-electron chi connectivity index (χ2n) is 3.75. The topological polar surface area (TPSA) is 44.1 Å². The number of carbonyl (C=O) groups is 1. The fraction of sp³-hybridized carbons (Fsp3) is 0.455. The smallest absolute Gasteiger partial charge is 0.187 e. The Bertz CT molecular complexity index is 410. The van der Waals surface area contributed by atoms with Crippen LogP contribution in [0.1, 0.15) is 16.6 Å². The number of rotatable bonds is 5. The summed E-state index contributed by atoms with van der Waals surface area (Å²) >= 11 is 4.78. The van der Waals surface area contributed by atoms with Crippen LogP contribution in [-0.4, -0.2) is 30.8 Å². The lowest BCUT2D eigenvalue weighted by molar-refractivity contribution is 0.0946. The van der Waals surface area contributed by atoms with E-state index in [0.29, 0.717) is 13.1 Å². The van der Waals surface area contributed by atoms with E-state index in [-0.39, 0.29) is 11.7 Å². The van der Waals surface area contributed by atoms with Gasteiger partial charge in [-0.1, -0.05) is 0 Å². The van der Waals surface area contributed by atoms with E-state index in [1.54, 1.807) is 0 Å². The second-order valence-corrected chi connectivity index (χ2v) is 5.52. The minimum Gasteiger partial charge on any atom is -0.298 e. The molecule has 0 amide bonds. The lowest BCUT2D eigenvalue weighted by Crippen LogP contribution is -2.29. The maximum absolute atomic E-state index is 11.9. The molecule has 1 unspecified atom stereocenters. The average Bonchev–Trinajstić information content (AvgIpc) is 2.63. The highest BCUT2D eigenvalue weighted by molar-refractivity contribution is 9.10. The summed E-state index contributed by atoms with van der Waals surface area (Å²) in [5.74, 6) is 0.0408. The predicted octanol–water partition coefficient (Wildman–Crippen LogP) is 2.78. The average molecular weight is 301 g/mol. The van der Waals surface area contributed by atoms with E-state index in [9.17, 15) is 4.79 Å². The molecule has 3 nitrogen and oxygen atoms in total. The molecule has 1 rings (SSSR count). The molecule has 0 aliphatic heterocycles. The molecule has 0 saturated heterocycles. The van der Waals surface area contributed by atoms with Gasteiger partial charge >= 0.3 is 0 Å². The summed E-state index contributed by atoms with van der Waals surface area (Å²) in [7, 11) is 1.85. The van der Waals surface area contributed by atoms with Gasteiger partial charge in [0.25, 0.3) is 0 Å². The second kappa shape index (κ2) is 6.14. The first-order valence-electron chi connectivity index (χ1n) is 4.89. The van der Waals surface area contributed by atoms with Crippen LogP contribution in [0.25, 0.3) is 0 Å². The fourth-order valence-electron chi connectivity index (χ4n) is 1.38. The molecular weight excluding hydrogens is 288 g/mol. The van der Waals surface area contributed by atoms with Crippen molar-refractivity contribution in [3.8, 4) is 6.07 Å². The molecule has 0 aliphatic rings. The molecule has 1 atom stereocenters. The third-order valence-corrected chi connectivity index (χ3v) is 3.97. The number of nitriles is 1. The summed E-state index contributed by atoms with van der Waals surface area (Å²) < 4.78 is 0.851. The molecule has 0 radical (unpaired) electrons. The molecule has 0 bridgehead atoms. The minimum absolute atomic E-state index is 0.0513. The first-order valence-corrected chi connectivity index (χ1v) is 6.56. The SMILES string of the molecule is CC(C#N)CN(C)CC(=O)c1sccc1Br. The number of thiophene rings is 1. The number of Topliss-reactive ketones (excluding diaryl/α,β-unsaturated/α-hetero) is 1. The van der Waals surface area contributed by atoms with Crippen molar-refractivity contribution < 1.29 is 4.79 Å². The molecule has 0 aromatic carbocycles. The number of hydrogen-bond acceptors (Lipinski definition) is 4.